The minimum atomic E-state index is -0.0207. The van der Waals surface area contributed by atoms with Gasteiger partial charge in [-0.1, -0.05) is 29.8 Å². The predicted molar refractivity (Wildman–Crippen MR) is 65.8 cm³/mol. The highest BCUT2D eigenvalue weighted by molar-refractivity contribution is 6.33. The zero-order valence-corrected chi connectivity index (χ0v) is 9.98. The van der Waals surface area contributed by atoms with Gasteiger partial charge in [0.1, 0.15) is 0 Å². The quantitative estimate of drug-likeness (QED) is 0.572. The molecule has 0 saturated carbocycles. The number of carbonyl (C=O) groups excluding carboxylic acids is 1. The molecule has 0 fully saturated rings. The summed E-state index contributed by atoms with van der Waals surface area (Å²) in [6.45, 7) is 1.51. The van der Waals surface area contributed by atoms with Crippen molar-refractivity contribution in [2.75, 3.05) is 5.88 Å². The summed E-state index contributed by atoms with van der Waals surface area (Å²) >= 11 is 11.4. The number of hydrogen-bond donors (Lipinski definition) is 0. The van der Waals surface area contributed by atoms with Crippen molar-refractivity contribution in [2.45, 2.75) is 13.3 Å². The predicted octanol–water partition coefficient (Wildman–Crippen LogP) is 4.18. The number of rotatable bonds is 4. The number of ketones is 1. The largest absolute Gasteiger partial charge is 0.294 e. The van der Waals surface area contributed by atoms with Gasteiger partial charge < -0.3 is 0 Å². The molecule has 0 aliphatic carbocycles. The summed E-state index contributed by atoms with van der Waals surface area (Å²) in [7, 11) is 0. The van der Waals surface area contributed by atoms with E-state index in [9.17, 15) is 4.79 Å². The van der Waals surface area contributed by atoms with Crippen molar-refractivity contribution in [2.24, 2.45) is 0 Å². The van der Waals surface area contributed by atoms with Gasteiger partial charge in [0.15, 0.2) is 5.78 Å². The van der Waals surface area contributed by atoms with E-state index < -0.39 is 0 Å². The zero-order valence-electron chi connectivity index (χ0n) is 8.47. The zero-order chi connectivity index (χ0) is 11.3. The molecule has 0 atom stereocenters. The highest BCUT2D eigenvalue weighted by Gasteiger charge is 2.04. The Kier molecular flexibility index (Phi) is 4.86. The standard InChI is InChI=1S/C12H12Cl2O/c1-9(15)11-8-10(4-2-3-7-13)5-6-12(11)14/h2,4-6,8H,3,7H2,1H3. The van der Waals surface area contributed by atoms with Gasteiger partial charge in [-0.2, -0.15) is 0 Å². The normalized spacial score (nSPS) is 10.9. The number of hydrogen-bond acceptors (Lipinski definition) is 1. The lowest BCUT2D eigenvalue weighted by atomic mass is 10.1. The molecule has 0 aliphatic heterocycles. The van der Waals surface area contributed by atoms with Gasteiger partial charge in [0, 0.05) is 11.4 Å². The fourth-order valence-corrected chi connectivity index (χ4v) is 1.58. The molecule has 1 aromatic carbocycles. The summed E-state index contributed by atoms with van der Waals surface area (Å²) in [4.78, 5) is 11.2. The smallest absolute Gasteiger partial charge is 0.161 e. The number of alkyl halides is 1. The van der Waals surface area contributed by atoms with E-state index in [-0.39, 0.29) is 5.78 Å². The molecule has 0 unspecified atom stereocenters. The Hall–Kier alpha value is -0.790. The highest BCUT2D eigenvalue weighted by Crippen LogP contribution is 2.19. The molecule has 3 heteroatoms. The van der Waals surface area contributed by atoms with Crippen LogP contribution in [-0.4, -0.2) is 11.7 Å². The van der Waals surface area contributed by atoms with E-state index in [1.54, 1.807) is 12.1 Å². The third-order valence-corrected chi connectivity index (χ3v) is 2.50. The van der Waals surface area contributed by atoms with Gasteiger partial charge in [0.2, 0.25) is 0 Å². The fourth-order valence-electron chi connectivity index (χ4n) is 1.20. The SMILES string of the molecule is CC(=O)c1cc(C=CCCCl)ccc1Cl. The summed E-state index contributed by atoms with van der Waals surface area (Å²) in [6, 6.07) is 5.40. The molecular weight excluding hydrogens is 231 g/mol. The number of benzene rings is 1. The van der Waals surface area contributed by atoms with E-state index in [0.29, 0.717) is 16.5 Å². The molecule has 0 bridgehead atoms. The molecular formula is C12H12Cl2O. The van der Waals surface area contributed by atoms with Gasteiger partial charge in [-0.15, -0.1) is 11.6 Å². The summed E-state index contributed by atoms with van der Waals surface area (Å²) in [5, 5.41) is 0.497. The van der Waals surface area contributed by atoms with Crippen LogP contribution in [0, 0.1) is 0 Å². The van der Waals surface area contributed by atoms with Crippen LogP contribution in [0.25, 0.3) is 6.08 Å². The Labute approximate surface area is 99.7 Å². The number of Topliss-reactive ketones (excluding diaryl/α,β-unsaturated/α-hetero) is 1. The van der Waals surface area contributed by atoms with Crippen LogP contribution in [0.5, 0.6) is 0 Å². The van der Waals surface area contributed by atoms with Gasteiger partial charge in [-0.25, -0.2) is 0 Å². The highest BCUT2D eigenvalue weighted by atomic mass is 35.5. The van der Waals surface area contributed by atoms with Gasteiger partial charge in [0.05, 0.1) is 5.02 Å². The molecule has 0 spiro atoms. The van der Waals surface area contributed by atoms with Crippen LogP contribution >= 0.6 is 23.2 Å². The second kappa shape index (κ2) is 5.94. The van der Waals surface area contributed by atoms with Crippen LogP contribution in [0.1, 0.15) is 29.3 Å². The summed E-state index contributed by atoms with van der Waals surface area (Å²) in [5.74, 6) is 0.580. The second-order valence-electron chi connectivity index (χ2n) is 3.18. The average molecular weight is 243 g/mol. The van der Waals surface area contributed by atoms with Crippen molar-refractivity contribution in [3.8, 4) is 0 Å². The minimum absolute atomic E-state index is 0.0207. The second-order valence-corrected chi connectivity index (χ2v) is 3.96. The lowest BCUT2D eigenvalue weighted by Gasteiger charge is -2.01. The van der Waals surface area contributed by atoms with E-state index in [4.69, 9.17) is 23.2 Å². The van der Waals surface area contributed by atoms with Crippen LogP contribution in [0.15, 0.2) is 24.3 Å². The monoisotopic (exact) mass is 242 g/mol. The Balaban J connectivity index is 2.92. The molecule has 1 nitrogen and oxygen atoms in total. The number of carbonyl (C=O) groups is 1. The maximum atomic E-state index is 11.2. The minimum Gasteiger partial charge on any atom is -0.294 e. The molecule has 0 N–H and O–H groups in total. The summed E-state index contributed by atoms with van der Waals surface area (Å²) in [6.07, 6.45) is 4.73. The van der Waals surface area contributed by atoms with E-state index in [1.807, 2.05) is 18.2 Å². The third kappa shape index (κ3) is 3.69. The summed E-state index contributed by atoms with van der Waals surface area (Å²) < 4.78 is 0. The first-order chi connectivity index (χ1) is 7.15. The van der Waals surface area contributed by atoms with Crippen molar-refractivity contribution in [1.82, 2.24) is 0 Å². The van der Waals surface area contributed by atoms with Crippen LogP contribution in [0.3, 0.4) is 0 Å². The van der Waals surface area contributed by atoms with Gasteiger partial charge in [0.25, 0.3) is 0 Å². The molecule has 80 valence electrons. The first-order valence-electron chi connectivity index (χ1n) is 4.68. The van der Waals surface area contributed by atoms with Crippen molar-refractivity contribution in [1.29, 1.82) is 0 Å². The fraction of sp³-hybridized carbons (Fsp3) is 0.250. The first kappa shape index (κ1) is 12.3. The molecule has 1 rings (SSSR count). The van der Waals surface area contributed by atoms with Crippen LogP contribution in [-0.2, 0) is 0 Å². The van der Waals surface area contributed by atoms with E-state index >= 15 is 0 Å². The van der Waals surface area contributed by atoms with Gasteiger partial charge in [-0.05, 0) is 31.0 Å². The Morgan fingerprint density at radius 2 is 2.20 bits per heavy atom. The molecule has 0 aromatic heterocycles. The van der Waals surface area contributed by atoms with Crippen LogP contribution in [0.2, 0.25) is 5.02 Å². The lowest BCUT2D eigenvalue weighted by molar-refractivity contribution is 0.101. The topological polar surface area (TPSA) is 17.1 Å². The molecule has 0 aliphatic rings. The molecule has 0 radical (unpaired) electrons. The lowest BCUT2D eigenvalue weighted by Crippen LogP contribution is -1.93. The summed E-state index contributed by atoms with van der Waals surface area (Å²) in [5.41, 5.74) is 1.53. The maximum absolute atomic E-state index is 11.2. The first-order valence-corrected chi connectivity index (χ1v) is 5.59. The Morgan fingerprint density at radius 1 is 1.47 bits per heavy atom. The number of halogens is 2. The van der Waals surface area contributed by atoms with E-state index in [0.717, 1.165) is 12.0 Å². The molecule has 1 aromatic rings. The van der Waals surface area contributed by atoms with Gasteiger partial charge in [-0.3, -0.25) is 4.79 Å². The molecule has 0 amide bonds. The van der Waals surface area contributed by atoms with Crippen LogP contribution < -0.4 is 0 Å². The average Bonchev–Trinajstić information content (AvgIpc) is 2.20. The molecule has 0 heterocycles. The Bertz CT molecular complexity index is 383. The van der Waals surface area contributed by atoms with Crippen LogP contribution in [0.4, 0.5) is 0 Å². The van der Waals surface area contributed by atoms with Crippen molar-refractivity contribution < 1.29 is 4.79 Å². The maximum Gasteiger partial charge on any atom is 0.161 e. The van der Waals surface area contributed by atoms with Crippen molar-refractivity contribution >= 4 is 35.1 Å². The van der Waals surface area contributed by atoms with E-state index in [2.05, 4.69) is 0 Å². The molecule has 15 heavy (non-hydrogen) atoms. The van der Waals surface area contributed by atoms with Crippen molar-refractivity contribution in [3.05, 3.63) is 40.4 Å². The van der Waals surface area contributed by atoms with E-state index in [1.165, 1.54) is 6.92 Å². The third-order valence-electron chi connectivity index (χ3n) is 1.96. The molecule has 0 saturated heterocycles. The van der Waals surface area contributed by atoms with Gasteiger partial charge >= 0.3 is 0 Å². The number of allylic oxidation sites excluding steroid dienone is 1. The van der Waals surface area contributed by atoms with Crippen molar-refractivity contribution in [3.63, 3.8) is 0 Å². The Morgan fingerprint density at radius 3 is 2.80 bits per heavy atom.